The molecule has 0 heterocycles. The van der Waals surface area contributed by atoms with Gasteiger partial charge in [-0.15, -0.1) is 0 Å². The fourth-order valence-corrected chi connectivity index (χ4v) is 3.11. The Morgan fingerprint density at radius 1 is 1.30 bits per heavy atom. The Hall–Kier alpha value is -1.56. The van der Waals surface area contributed by atoms with Gasteiger partial charge in [-0.3, -0.25) is 4.79 Å². The van der Waals surface area contributed by atoms with Crippen LogP contribution in [0.4, 0.5) is 10.5 Å². The van der Waals surface area contributed by atoms with E-state index in [1.165, 1.54) is 0 Å². The minimum absolute atomic E-state index is 0.0654. The number of hydrogen-bond acceptors (Lipinski definition) is 2. The number of aryl methyl sites for hydroxylation is 1. The highest BCUT2D eigenvalue weighted by molar-refractivity contribution is 9.10. The van der Waals surface area contributed by atoms with Crippen molar-refractivity contribution in [3.63, 3.8) is 0 Å². The lowest BCUT2D eigenvalue weighted by atomic mass is 10.1. The van der Waals surface area contributed by atoms with E-state index in [1.54, 1.807) is 0 Å². The number of carbonyl (C=O) groups is 2. The highest BCUT2D eigenvalue weighted by Crippen LogP contribution is 2.26. The molecule has 1 aromatic rings. The van der Waals surface area contributed by atoms with Gasteiger partial charge in [0.1, 0.15) is 0 Å². The van der Waals surface area contributed by atoms with E-state index < -0.39 is 5.97 Å². The molecule has 1 aliphatic rings. The van der Waals surface area contributed by atoms with Crippen molar-refractivity contribution in [1.29, 1.82) is 0 Å². The highest BCUT2D eigenvalue weighted by Gasteiger charge is 2.30. The van der Waals surface area contributed by atoms with Gasteiger partial charge in [-0.05, 0) is 49.9 Å². The van der Waals surface area contributed by atoms with E-state index in [0.29, 0.717) is 24.9 Å². The quantitative estimate of drug-likeness (QED) is 0.790. The molecule has 1 aromatic carbocycles. The molecule has 6 heteroatoms. The predicted molar refractivity (Wildman–Crippen MR) is 79.8 cm³/mol. The molecule has 0 bridgehead atoms. The van der Waals surface area contributed by atoms with E-state index in [9.17, 15) is 9.59 Å². The molecular formula is C14H17BrN2O3. The Balaban J connectivity index is 1.88. The number of carbonyl (C=O) groups excluding carboxylic acids is 1. The summed E-state index contributed by atoms with van der Waals surface area (Å²) in [7, 11) is 0. The van der Waals surface area contributed by atoms with E-state index in [-0.39, 0.29) is 18.0 Å². The maximum Gasteiger partial charge on any atom is 0.319 e. The van der Waals surface area contributed by atoms with Crippen LogP contribution < -0.4 is 10.6 Å². The summed E-state index contributed by atoms with van der Waals surface area (Å²) >= 11 is 3.38. The van der Waals surface area contributed by atoms with Gasteiger partial charge in [-0.25, -0.2) is 4.79 Å². The zero-order valence-electron chi connectivity index (χ0n) is 11.1. The van der Waals surface area contributed by atoms with Crippen LogP contribution in [0.2, 0.25) is 0 Å². The summed E-state index contributed by atoms with van der Waals surface area (Å²) in [6.45, 7) is 1.95. The molecule has 0 unspecified atom stereocenters. The van der Waals surface area contributed by atoms with Crippen LogP contribution in [0.1, 0.15) is 24.8 Å². The Bertz CT molecular complexity index is 513. The topological polar surface area (TPSA) is 78.4 Å². The second-order valence-corrected chi connectivity index (χ2v) is 6.08. The molecule has 1 aliphatic carbocycles. The van der Waals surface area contributed by atoms with Gasteiger partial charge in [0.05, 0.1) is 5.92 Å². The van der Waals surface area contributed by atoms with Crippen molar-refractivity contribution in [2.45, 2.75) is 32.2 Å². The molecule has 0 radical (unpaired) electrons. The monoisotopic (exact) mass is 340 g/mol. The van der Waals surface area contributed by atoms with Crippen LogP contribution in [0.25, 0.3) is 0 Å². The molecule has 108 valence electrons. The third-order valence-electron chi connectivity index (χ3n) is 3.42. The molecule has 2 amide bonds. The number of anilines is 1. The average Bonchev–Trinajstić information content (AvgIpc) is 2.75. The van der Waals surface area contributed by atoms with Crippen LogP contribution >= 0.6 is 15.9 Å². The SMILES string of the molecule is Cc1cc(Br)cc(NC(=O)N[C@H]2CC[C@@H](C(=O)O)C2)c1. The Morgan fingerprint density at radius 2 is 2.05 bits per heavy atom. The van der Waals surface area contributed by atoms with E-state index in [0.717, 1.165) is 10.0 Å². The first kappa shape index (κ1) is 14.8. The normalized spacial score (nSPS) is 21.5. The third kappa shape index (κ3) is 3.96. The maximum atomic E-state index is 11.9. The van der Waals surface area contributed by atoms with Crippen molar-refractivity contribution in [2.24, 2.45) is 5.92 Å². The van der Waals surface area contributed by atoms with Crippen molar-refractivity contribution in [2.75, 3.05) is 5.32 Å². The van der Waals surface area contributed by atoms with E-state index in [1.807, 2.05) is 25.1 Å². The van der Waals surface area contributed by atoms with Gasteiger partial charge in [-0.2, -0.15) is 0 Å². The number of nitrogens with one attached hydrogen (secondary N) is 2. The zero-order chi connectivity index (χ0) is 14.7. The summed E-state index contributed by atoms with van der Waals surface area (Å²) in [6.07, 6.45) is 1.83. The maximum absolute atomic E-state index is 11.9. The second-order valence-electron chi connectivity index (χ2n) is 5.16. The molecule has 0 aliphatic heterocycles. The number of hydrogen-bond donors (Lipinski definition) is 3. The smallest absolute Gasteiger partial charge is 0.319 e. The van der Waals surface area contributed by atoms with Gasteiger partial charge < -0.3 is 15.7 Å². The predicted octanol–water partition coefficient (Wildman–Crippen LogP) is 3.13. The van der Waals surface area contributed by atoms with Gasteiger partial charge >= 0.3 is 12.0 Å². The van der Waals surface area contributed by atoms with Crippen molar-refractivity contribution in [3.8, 4) is 0 Å². The fourth-order valence-electron chi connectivity index (χ4n) is 2.50. The Kier molecular flexibility index (Phi) is 4.65. The van der Waals surface area contributed by atoms with Crippen LogP contribution in [-0.4, -0.2) is 23.1 Å². The van der Waals surface area contributed by atoms with Crippen LogP contribution in [0.5, 0.6) is 0 Å². The number of carboxylic acids is 1. The highest BCUT2D eigenvalue weighted by atomic mass is 79.9. The molecule has 0 saturated heterocycles. The number of amides is 2. The van der Waals surface area contributed by atoms with E-state index >= 15 is 0 Å². The lowest BCUT2D eigenvalue weighted by Gasteiger charge is -2.14. The number of aliphatic carboxylic acids is 1. The fraction of sp³-hybridized carbons (Fsp3) is 0.429. The standard InChI is InChI=1S/C14H17BrN2O3/c1-8-4-10(15)7-12(5-8)17-14(20)16-11-3-2-9(6-11)13(18)19/h4-5,7,9,11H,2-3,6H2,1H3,(H,18,19)(H2,16,17,20)/t9-,11+/m1/s1. The molecule has 1 fully saturated rings. The third-order valence-corrected chi connectivity index (χ3v) is 3.87. The summed E-state index contributed by atoms with van der Waals surface area (Å²) in [4.78, 5) is 22.7. The van der Waals surface area contributed by atoms with Crippen LogP contribution in [-0.2, 0) is 4.79 Å². The molecule has 1 saturated carbocycles. The first-order valence-electron chi connectivity index (χ1n) is 6.51. The van der Waals surface area contributed by atoms with Crippen molar-refractivity contribution < 1.29 is 14.7 Å². The summed E-state index contributed by atoms with van der Waals surface area (Å²) < 4.78 is 0.902. The van der Waals surface area contributed by atoms with Gasteiger partial charge in [-0.1, -0.05) is 15.9 Å². The lowest BCUT2D eigenvalue weighted by molar-refractivity contribution is -0.141. The van der Waals surface area contributed by atoms with Crippen LogP contribution in [0.3, 0.4) is 0 Å². The molecule has 2 rings (SSSR count). The first-order valence-corrected chi connectivity index (χ1v) is 7.31. The molecule has 0 spiro atoms. The lowest BCUT2D eigenvalue weighted by Crippen LogP contribution is -2.36. The van der Waals surface area contributed by atoms with Gasteiger partial charge in [0, 0.05) is 16.2 Å². The Morgan fingerprint density at radius 3 is 2.65 bits per heavy atom. The molecule has 3 N–H and O–H groups in total. The summed E-state index contributed by atoms with van der Waals surface area (Å²) in [5.41, 5.74) is 1.75. The van der Waals surface area contributed by atoms with E-state index in [4.69, 9.17) is 5.11 Å². The van der Waals surface area contributed by atoms with Gasteiger partial charge in [0.15, 0.2) is 0 Å². The van der Waals surface area contributed by atoms with Gasteiger partial charge in [0.2, 0.25) is 0 Å². The zero-order valence-corrected chi connectivity index (χ0v) is 12.7. The van der Waals surface area contributed by atoms with Crippen molar-refractivity contribution in [1.82, 2.24) is 5.32 Å². The molecule has 2 atom stereocenters. The van der Waals surface area contributed by atoms with E-state index in [2.05, 4.69) is 26.6 Å². The number of urea groups is 1. The summed E-state index contributed by atoms with van der Waals surface area (Å²) in [5, 5.41) is 14.5. The Labute approximate surface area is 125 Å². The molecule has 5 nitrogen and oxygen atoms in total. The minimum atomic E-state index is -0.780. The van der Waals surface area contributed by atoms with Crippen molar-refractivity contribution in [3.05, 3.63) is 28.2 Å². The van der Waals surface area contributed by atoms with Gasteiger partial charge in [0.25, 0.3) is 0 Å². The number of halogens is 1. The minimum Gasteiger partial charge on any atom is -0.481 e. The molecule has 20 heavy (non-hydrogen) atoms. The first-order chi connectivity index (χ1) is 9.44. The molecule has 0 aromatic heterocycles. The summed E-state index contributed by atoms with van der Waals surface area (Å²) in [5.74, 6) is -1.12. The molecular weight excluding hydrogens is 324 g/mol. The largest absolute Gasteiger partial charge is 0.481 e. The number of rotatable bonds is 3. The average molecular weight is 341 g/mol. The summed E-state index contributed by atoms with van der Waals surface area (Å²) in [6, 6.07) is 5.29. The van der Waals surface area contributed by atoms with Crippen molar-refractivity contribution >= 4 is 33.6 Å². The van der Waals surface area contributed by atoms with Crippen LogP contribution in [0, 0.1) is 12.8 Å². The number of carboxylic acid groups (broad SMARTS) is 1. The number of benzene rings is 1. The second kappa shape index (κ2) is 6.26. The van der Waals surface area contributed by atoms with Crippen LogP contribution in [0.15, 0.2) is 22.7 Å².